The van der Waals surface area contributed by atoms with E-state index in [1.807, 2.05) is 0 Å². The molecule has 1 aromatic carbocycles. The highest BCUT2D eigenvalue weighted by Crippen LogP contribution is 2.39. The van der Waals surface area contributed by atoms with Crippen molar-refractivity contribution in [2.75, 3.05) is 25.2 Å². The van der Waals surface area contributed by atoms with Gasteiger partial charge in [0.2, 0.25) is 0 Å². The van der Waals surface area contributed by atoms with Gasteiger partial charge in [0.25, 0.3) is 0 Å². The molecule has 19 heavy (non-hydrogen) atoms. The van der Waals surface area contributed by atoms with Crippen molar-refractivity contribution >= 4 is 23.5 Å². The number of hydrogen-bond donors (Lipinski definition) is 1. The average molecular weight is 295 g/mol. The summed E-state index contributed by atoms with van der Waals surface area (Å²) in [5.74, 6) is 3.64. The Hall–Kier alpha value is -0.320. The monoisotopic (exact) mass is 295 g/mol. The van der Waals surface area contributed by atoms with Crippen molar-refractivity contribution in [3.8, 4) is 5.75 Å². The molecule has 3 rings (SSSR count). The molecule has 4 heteroatoms. The van der Waals surface area contributed by atoms with E-state index >= 15 is 0 Å². The van der Waals surface area contributed by atoms with Crippen LogP contribution in [0.1, 0.15) is 24.1 Å². The minimum atomic E-state index is 0.443. The zero-order valence-electron chi connectivity index (χ0n) is 11.5. The molecule has 0 aliphatic carbocycles. The SMILES string of the molecule is CNC(c1ccc2c(c1)CCO2)C1SCCSC1C. The van der Waals surface area contributed by atoms with Crippen molar-refractivity contribution in [1.82, 2.24) is 5.32 Å². The predicted octanol–water partition coefficient (Wildman–Crippen LogP) is 3.12. The zero-order chi connectivity index (χ0) is 13.2. The predicted molar refractivity (Wildman–Crippen MR) is 85.6 cm³/mol. The Morgan fingerprint density at radius 1 is 1.32 bits per heavy atom. The van der Waals surface area contributed by atoms with Crippen LogP contribution >= 0.6 is 23.5 Å². The molecule has 1 saturated heterocycles. The molecule has 2 aliphatic heterocycles. The van der Waals surface area contributed by atoms with Crippen molar-refractivity contribution in [3.63, 3.8) is 0 Å². The van der Waals surface area contributed by atoms with Crippen LogP contribution in [0.25, 0.3) is 0 Å². The van der Waals surface area contributed by atoms with Crippen LogP contribution in [0, 0.1) is 0 Å². The molecule has 0 bridgehead atoms. The zero-order valence-corrected chi connectivity index (χ0v) is 13.2. The van der Waals surface area contributed by atoms with Gasteiger partial charge in [0.05, 0.1) is 6.61 Å². The Morgan fingerprint density at radius 2 is 2.16 bits per heavy atom. The maximum absolute atomic E-state index is 5.60. The smallest absolute Gasteiger partial charge is 0.122 e. The lowest BCUT2D eigenvalue weighted by molar-refractivity contribution is 0.356. The van der Waals surface area contributed by atoms with Crippen molar-refractivity contribution < 1.29 is 4.74 Å². The molecule has 1 fully saturated rings. The number of thioether (sulfide) groups is 2. The number of benzene rings is 1. The summed E-state index contributed by atoms with van der Waals surface area (Å²) in [4.78, 5) is 0. The standard InChI is InChI=1S/C15H21NOS2/c1-10-15(19-8-7-18-10)14(16-2)12-3-4-13-11(9-12)5-6-17-13/h3-4,9-10,14-16H,5-8H2,1-2H3. The molecule has 3 atom stereocenters. The van der Waals surface area contributed by atoms with Gasteiger partial charge in [-0.1, -0.05) is 19.1 Å². The van der Waals surface area contributed by atoms with E-state index in [-0.39, 0.29) is 0 Å². The second-order valence-corrected chi connectivity index (χ2v) is 7.91. The lowest BCUT2D eigenvalue weighted by Gasteiger charge is -2.34. The molecule has 1 N–H and O–H groups in total. The van der Waals surface area contributed by atoms with Gasteiger partial charge < -0.3 is 10.1 Å². The summed E-state index contributed by atoms with van der Waals surface area (Å²) in [7, 11) is 2.08. The quantitative estimate of drug-likeness (QED) is 0.924. The van der Waals surface area contributed by atoms with E-state index in [1.165, 1.54) is 22.6 Å². The fourth-order valence-electron chi connectivity index (χ4n) is 2.94. The van der Waals surface area contributed by atoms with Gasteiger partial charge in [-0.15, -0.1) is 0 Å². The maximum Gasteiger partial charge on any atom is 0.122 e. The van der Waals surface area contributed by atoms with Gasteiger partial charge in [-0.3, -0.25) is 0 Å². The molecule has 2 heterocycles. The van der Waals surface area contributed by atoms with E-state index < -0.39 is 0 Å². The van der Waals surface area contributed by atoms with Crippen molar-refractivity contribution in [1.29, 1.82) is 0 Å². The molecule has 2 aliphatic rings. The molecule has 0 amide bonds. The van der Waals surface area contributed by atoms with Crippen molar-refractivity contribution in [2.24, 2.45) is 0 Å². The highest BCUT2D eigenvalue weighted by atomic mass is 32.2. The van der Waals surface area contributed by atoms with Crippen LogP contribution in [0.15, 0.2) is 18.2 Å². The molecule has 104 valence electrons. The van der Waals surface area contributed by atoms with Gasteiger partial charge in [0.15, 0.2) is 0 Å². The second kappa shape index (κ2) is 5.98. The first-order chi connectivity index (χ1) is 9.29. The number of ether oxygens (including phenoxy) is 1. The fraction of sp³-hybridized carbons (Fsp3) is 0.600. The molecular formula is C15H21NOS2. The third kappa shape index (κ3) is 2.76. The Kier molecular flexibility index (Phi) is 4.30. The summed E-state index contributed by atoms with van der Waals surface area (Å²) in [5.41, 5.74) is 2.79. The molecule has 0 aromatic heterocycles. The van der Waals surface area contributed by atoms with Crippen LogP contribution in [-0.2, 0) is 6.42 Å². The van der Waals surface area contributed by atoms with Crippen LogP contribution in [0.2, 0.25) is 0 Å². The Labute approximate surface area is 124 Å². The van der Waals surface area contributed by atoms with Crippen LogP contribution in [0.4, 0.5) is 0 Å². The second-order valence-electron chi connectivity index (χ2n) is 5.14. The summed E-state index contributed by atoms with van der Waals surface area (Å²) in [5, 5.41) is 4.90. The number of hydrogen-bond acceptors (Lipinski definition) is 4. The highest BCUT2D eigenvalue weighted by Gasteiger charge is 2.31. The molecule has 0 spiro atoms. The molecule has 1 aromatic rings. The molecule has 0 radical (unpaired) electrons. The van der Waals surface area contributed by atoms with Crippen LogP contribution in [-0.4, -0.2) is 35.7 Å². The topological polar surface area (TPSA) is 21.3 Å². The number of fused-ring (bicyclic) bond motifs is 1. The fourth-order valence-corrected chi connectivity index (χ4v) is 5.93. The summed E-state index contributed by atoms with van der Waals surface area (Å²) >= 11 is 4.22. The van der Waals surface area contributed by atoms with Crippen molar-refractivity contribution in [2.45, 2.75) is 29.9 Å². The Morgan fingerprint density at radius 3 is 2.95 bits per heavy atom. The highest BCUT2D eigenvalue weighted by molar-refractivity contribution is 8.07. The number of nitrogens with one attached hydrogen (secondary N) is 1. The van der Waals surface area contributed by atoms with E-state index in [1.54, 1.807) is 0 Å². The van der Waals surface area contributed by atoms with Gasteiger partial charge >= 0.3 is 0 Å². The van der Waals surface area contributed by atoms with Crippen LogP contribution in [0.3, 0.4) is 0 Å². The van der Waals surface area contributed by atoms with E-state index in [4.69, 9.17) is 4.74 Å². The summed E-state index contributed by atoms with van der Waals surface area (Å²) in [6.07, 6.45) is 1.06. The summed E-state index contributed by atoms with van der Waals surface area (Å²) in [6, 6.07) is 7.17. The molecule has 3 unspecified atom stereocenters. The van der Waals surface area contributed by atoms with Gasteiger partial charge in [0.1, 0.15) is 5.75 Å². The van der Waals surface area contributed by atoms with Gasteiger partial charge in [0, 0.05) is 34.5 Å². The minimum absolute atomic E-state index is 0.443. The number of rotatable bonds is 3. The molecule has 0 saturated carbocycles. The van der Waals surface area contributed by atoms with Gasteiger partial charge in [-0.2, -0.15) is 23.5 Å². The van der Waals surface area contributed by atoms with E-state index in [0.29, 0.717) is 16.5 Å². The lowest BCUT2D eigenvalue weighted by atomic mass is 9.98. The first kappa shape index (κ1) is 13.7. The van der Waals surface area contributed by atoms with Crippen LogP contribution in [0.5, 0.6) is 5.75 Å². The minimum Gasteiger partial charge on any atom is -0.493 e. The van der Waals surface area contributed by atoms with E-state index in [9.17, 15) is 0 Å². The van der Waals surface area contributed by atoms with Crippen molar-refractivity contribution in [3.05, 3.63) is 29.3 Å². The third-order valence-corrected chi connectivity index (χ3v) is 7.14. The maximum atomic E-state index is 5.60. The first-order valence-electron chi connectivity index (χ1n) is 6.95. The lowest BCUT2D eigenvalue weighted by Crippen LogP contribution is -2.36. The third-order valence-electron chi connectivity index (χ3n) is 3.95. The summed E-state index contributed by atoms with van der Waals surface area (Å²) < 4.78 is 5.60. The summed E-state index contributed by atoms with van der Waals surface area (Å²) in [6.45, 7) is 3.20. The Bertz CT molecular complexity index is 452. The first-order valence-corrected chi connectivity index (χ1v) is 9.05. The Balaban J connectivity index is 1.85. The van der Waals surface area contributed by atoms with Crippen LogP contribution < -0.4 is 10.1 Å². The molecular weight excluding hydrogens is 274 g/mol. The van der Waals surface area contributed by atoms with Gasteiger partial charge in [-0.05, 0) is 24.2 Å². The molecule has 2 nitrogen and oxygen atoms in total. The normalized spacial score (nSPS) is 27.7. The average Bonchev–Trinajstić information content (AvgIpc) is 2.89. The largest absolute Gasteiger partial charge is 0.493 e. The van der Waals surface area contributed by atoms with Gasteiger partial charge in [-0.25, -0.2) is 0 Å². The van der Waals surface area contributed by atoms with E-state index in [0.717, 1.165) is 18.8 Å². The van der Waals surface area contributed by atoms with E-state index in [2.05, 4.69) is 61.0 Å².